The average molecular weight is 551 g/mol. The van der Waals surface area contributed by atoms with Crippen LogP contribution in [0.3, 0.4) is 0 Å². The fourth-order valence-electron chi connectivity index (χ4n) is 5.16. The molecule has 2 fully saturated rings. The van der Waals surface area contributed by atoms with Gasteiger partial charge in [0.2, 0.25) is 0 Å². The molecule has 37 heavy (non-hydrogen) atoms. The van der Waals surface area contributed by atoms with Gasteiger partial charge in [-0.2, -0.15) is 0 Å². The van der Waals surface area contributed by atoms with Gasteiger partial charge in [0.05, 0.1) is 27.9 Å². The summed E-state index contributed by atoms with van der Waals surface area (Å²) in [4.78, 5) is 6.69. The number of hydrogen-bond acceptors (Lipinski definition) is 4. The molecular weight excluding hydrogens is 525 g/mol. The number of pyridine rings is 1. The lowest BCUT2D eigenvalue weighted by atomic mass is 10.0. The van der Waals surface area contributed by atoms with Crippen molar-refractivity contribution in [1.29, 1.82) is 0 Å². The normalized spacial score (nSPS) is 19.8. The van der Waals surface area contributed by atoms with Crippen molar-refractivity contribution in [2.75, 3.05) is 4.90 Å². The van der Waals surface area contributed by atoms with E-state index in [0.717, 1.165) is 41.3 Å². The Labute approximate surface area is 231 Å². The van der Waals surface area contributed by atoms with Crippen molar-refractivity contribution >= 4 is 46.2 Å². The molecule has 188 valence electrons. The Bertz CT molecular complexity index is 1400. The van der Waals surface area contributed by atoms with Gasteiger partial charge in [-0.1, -0.05) is 35.3 Å². The second kappa shape index (κ2) is 10.4. The Morgan fingerprint density at radius 1 is 0.946 bits per heavy atom. The number of anilines is 1. The molecule has 4 aromatic rings. The summed E-state index contributed by atoms with van der Waals surface area (Å²) in [5.74, 6) is 2.25. The summed E-state index contributed by atoms with van der Waals surface area (Å²) in [5, 5.41) is 5.01. The lowest BCUT2D eigenvalue weighted by molar-refractivity contribution is 0.210. The predicted octanol–water partition coefficient (Wildman–Crippen LogP) is 8.15. The molecule has 2 atom stereocenters. The molecule has 8 heteroatoms. The number of nitrogens with one attached hydrogen (secondary N) is 1. The zero-order chi connectivity index (χ0) is 25.4. The molecule has 0 unspecified atom stereocenters. The van der Waals surface area contributed by atoms with Crippen molar-refractivity contribution < 1.29 is 9.15 Å². The zero-order valence-electron chi connectivity index (χ0n) is 19.9. The Hall–Kier alpha value is -3.06. The van der Waals surface area contributed by atoms with Crippen LogP contribution in [-0.4, -0.2) is 16.2 Å². The van der Waals surface area contributed by atoms with Crippen LogP contribution in [0.15, 0.2) is 83.4 Å². The maximum Gasteiger partial charge on any atom is 0.174 e. The molecule has 1 saturated heterocycles. The summed E-state index contributed by atoms with van der Waals surface area (Å²) in [6.07, 6.45) is 6.80. The summed E-state index contributed by atoms with van der Waals surface area (Å²) in [6.45, 7) is 0. The Kier molecular flexibility index (Phi) is 6.80. The van der Waals surface area contributed by atoms with Crippen molar-refractivity contribution in [3.8, 4) is 17.1 Å². The van der Waals surface area contributed by atoms with Crippen LogP contribution in [-0.2, 0) is 0 Å². The molecule has 2 aromatic carbocycles. The van der Waals surface area contributed by atoms with E-state index in [-0.39, 0.29) is 12.1 Å². The van der Waals surface area contributed by atoms with Crippen LogP contribution in [0.2, 0.25) is 10.0 Å². The lowest BCUT2D eigenvalue weighted by Crippen LogP contribution is -2.29. The maximum atomic E-state index is 6.49. The number of furan rings is 1. The highest BCUT2D eigenvalue weighted by Crippen LogP contribution is 2.44. The zero-order valence-corrected chi connectivity index (χ0v) is 22.3. The molecule has 3 heterocycles. The Morgan fingerprint density at radius 2 is 1.76 bits per heavy atom. The van der Waals surface area contributed by atoms with Crippen LogP contribution >= 0.6 is 35.4 Å². The van der Waals surface area contributed by atoms with Gasteiger partial charge in [0.1, 0.15) is 23.3 Å². The monoisotopic (exact) mass is 549 g/mol. The molecule has 5 nitrogen and oxygen atoms in total. The topological polar surface area (TPSA) is 50.5 Å². The summed E-state index contributed by atoms with van der Waals surface area (Å²) >= 11 is 18.6. The van der Waals surface area contributed by atoms with Gasteiger partial charge in [-0.3, -0.25) is 4.98 Å². The van der Waals surface area contributed by atoms with E-state index in [4.69, 9.17) is 44.6 Å². The van der Waals surface area contributed by atoms with Crippen molar-refractivity contribution in [3.05, 3.63) is 100 Å². The summed E-state index contributed by atoms with van der Waals surface area (Å²) in [7, 11) is 0. The third-order valence-corrected chi connectivity index (χ3v) is 8.09. The minimum Gasteiger partial charge on any atom is -0.490 e. The molecular formula is C29H25Cl2N3O2S. The van der Waals surface area contributed by atoms with E-state index in [1.807, 2.05) is 66.7 Å². The second-order valence-corrected chi connectivity index (χ2v) is 10.5. The molecule has 1 aliphatic heterocycles. The molecule has 2 aromatic heterocycles. The van der Waals surface area contributed by atoms with Crippen molar-refractivity contribution in [2.45, 2.75) is 43.9 Å². The number of aromatic nitrogens is 1. The van der Waals surface area contributed by atoms with Gasteiger partial charge in [0.15, 0.2) is 5.11 Å². The van der Waals surface area contributed by atoms with Gasteiger partial charge in [-0.15, -0.1) is 0 Å². The molecule has 1 N–H and O–H groups in total. The van der Waals surface area contributed by atoms with Crippen LogP contribution in [0.25, 0.3) is 11.3 Å². The fraction of sp³-hybridized carbons (Fsp3) is 0.241. The SMILES string of the molecule is S=C1N[C@@H](c2ccccn2)[C@H](c2ccc(-c3cccc(Cl)c3Cl)o2)N1c1ccc(OC2CCCC2)cc1. The van der Waals surface area contributed by atoms with E-state index in [0.29, 0.717) is 27.0 Å². The summed E-state index contributed by atoms with van der Waals surface area (Å²) in [5.41, 5.74) is 2.55. The number of benzene rings is 2. The largest absolute Gasteiger partial charge is 0.490 e. The molecule has 0 bridgehead atoms. The first-order chi connectivity index (χ1) is 18.1. The summed E-state index contributed by atoms with van der Waals surface area (Å²) in [6, 6.07) is 22.9. The third-order valence-electron chi connectivity index (χ3n) is 6.95. The molecule has 0 radical (unpaired) electrons. The van der Waals surface area contributed by atoms with E-state index in [2.05, 4.69) is 15.2 Å². The van der Waals surface area contributed by atoms with Crippen LogP contribution in [0.5, 0.6) is 5.75 Å². The lowest BCUT2D eigenvalue weighted by Gasteiger charge is -2.26. The maximum absolute atomic E-state index is 6.49. The smallest absolute Gasteiger partial charge is 0.174 e. The molecule has 6 rings (SSSR count). The molecule has 2 aliphatic rings. The van der Waals surface area contributed by atoms with Crippen LogP contribution in [0.1, 0.15) is 49.2 Å². The highest BCUT2D eigenvalue weighted by Gasteiger charge is 2.42. The number of thiocarbonyl (C=S) groups is 1. The first-order valence-electron chi connectivity index (χ1n) is 12.4. The highest BCUT2D eigenvalue weighted by atomic mass is 35.5. The fourth-order valence-corrected chi connectivity index (χ4v) is 5.90. The third kappa shape index (κ3) is 4.81. The number of hydrogen-bond donors (Lipinski definition) is 1. The van der Waals surface area contributed by atoms with Crippen LogP contribution in [0.4, 0.5) is 5.69 Å². The average Bonchev–Trinajstić information content (AvgIpc) is 3.67. The van der Waals surface area contributed by atoms with Crippen molar-refractivity contribution in [3.63, 3.8) is 0 Å². The minimum absolute atomic E-state index is 0.211. The van der Waals surface area contributed by atoms with E-state index < -0.39 is 0 Å². The molecule has 1 saturated carbocycles. The van der Waals surface area contributed by atoms with Gasteiger partial charge < -0.3 is 19.4 Å². The van der Waals surface area contributed by atoms with Crippen molar-refractivity contribution in [1.82, 2.24) is 10.3 Å². The van der Waals surface area contributed by atoms with E-state index in [1.54, 1.807) is 12.3 Å². The van der Waals surface area contributed by atoms with Gasteiger partial charge in [0.25, 0.3) is 0 Å². The van der Waals surface area contributed by atoms with Gasteiger partial charge in [-0.05, 0) is 98.6 Å². The molecule has 0 amide bonds. The second-order valence-electron chi connectivity index (χ2n) is 9.32. The van der Waals surface area contributed by atoms with Crippen molar-refractivity contribution in [2.24, 2.45) is 0 Å². The van der Waals surface area contributed by atoms with E-state index >= 15 is 0 Å². The summed E-state index contributed by atoms with van der Waals surface area (Å²) < 4.78 is 12.6. The first kappa shape index (κ1) is 24.3. The van der Waals surface area contributed by atoms with Gasteiger partial charge in [-0.25, -0.2) is 0 Å². The number of halogens is 2. The number of nitrogens with zero attached hydrogens (tertiary/aromatic N) is 2. The standard InChI is InChI=1S/C29H25Cl2N3O2S/c30-22-9-5-8-21(26(22)31)24-15-16-25(36-24)28-27(23-10-3-4-17-32-23)33-29(37)34(28)18-11-13-20(14-12-18)35-19-6-1-2-7-19/h3-5,8-17,19,27-28H,1-2,6-7H2,(H,33,37)/t27-,28-/m0/s1. The minimum atomic E-state index is -0.268. The molecule has 0 spiro atoms. The quantitative estimate of drug-likeness (QED) is 0.245. The highest BCUT2D eigenvalue weighted by molar-refractivity contribution is 7.80. The van der Waals surface area contributed by atoms with Gasteiger partial charge in [0, 0.05) is 17.4 Å². The number of ether oxygens (including phenoxy) is 1. The van der Waals surface area contributed by atoms with Crippen LogP contribution < -0.4 is 15.0 Å². The van der Waals surface area contributed by atoms with E-state index in [1.165, 1.54) is 12.8 Å². The van der Waals surface area contributed by atoms with E-state index in [9.17, 15) is 0 Å². The Balaban J connectivity index is 1.36. The first-order valence-corrected chi connectivity index (χ1v) is 13.6. The number of rotatable bonds is 6. The van der Waals surface area contributed by atoms with Gasteiger partial charge >= 0.3 is 0 Å². The molecule has 1 aliphatic carbocycles. The van der Waals surface area contributed by atoms with Crippen LogP contribution in [0, 0.1) is 0 Å². The predicted molar refractivity (Wildman–Crippen MR) is 151 cm³/mol. The Morgan fingerprint density at radius 3 is 2.51 bits per heavy atom.